The van der Waals surface area contributed by atoms with Gasteiger partial charge in [-0.15, -0.1) is 0 Å². The summed E-state index contributed by atoms with van der Waals surface area (Å²) >= 11 is 0. The highest BCUT2D eigenvalue weighted by Crippen LogP contribution is 2.36. The summed E-state index contributed by atoms with van der Waals surface area (Å²) in [7, 11) is 0. The molecule has 0 spiro atoms. The molecule has 15 heavy (non-hydrogen) atoms. The minimum atomic E-state index is -0.593. The van der Waals surface area contributed by atoms with Gasteiger partial charge in [-0.3, -0.25) is 4.79 Å². The molecule has 1 N–H and O–H groups in total. The number of carbonyl (C=O) groups is 1. The third-order valence-corrected chi connectivity index (χ3v) is 3.86. The molecular weight excluding hydrogens is 192 g/mol. The maximum atomic E-state index is 11.0. The number of rotatable bonds is 4. The van der Waals surface area contributed by atoms with Crippen molar-refractivity contribution in [2.75, 3.05) is 6.61 Å². The highest BCUT2D eigenvalue weighted by atomic mass is 16.5. The van der Waals surface area contributed by atoms with E-state index in [0.717, 1.165) is 38.7 Å². The first-order valence-corrected chi connectivity index (χ1v) is 6.12. The van der Waals surface area contributed by atoms with E-state index in [1.54, 1.807) is 0 Å². The zero-order valence-corrected chi connectivity index (χ0v) is 9.15. The van der Waals surface area contributed by atoms with E-state index in [0.29, 0.717) is 12.0 Å². The zero-order chi connectivity index (χ0) is 10.7. The fourth-order valence-corrected chi connectivity index (χ4v) is 2.98. The SMILES string of the molecule is O=C(O)C1CCCC1CCC1CCCO1. The molecule has 2 rings (SSSR count). The van der Waals surface area contributed by atoms with Gasteiger partial charge in [0.1, 0.15) is 0 Å². The first kappa shape index (κ1) is 10.9. The highest BCUT2D eigenvalue weighted by Gasteiger charge is 2.33. The van der Waals surface area contributed by atoms with Gasteiger partial charge in [-0.05, 0) is 44.4 Å². The number of hydrogen-bond donors (Lipinski definition) is 1. The summed E-state index contributed by atoms with van der Waals surface area (Å²) < 4.78 is 5.56. The smallest absolute Gasteiger partial charge is 0.306 e. The molecule has 3 nitrogen and oxygen atoms in total. The highest BCUT2D eigenvalue weighted by molar-refractivity contribution is 5.70. The van der Waals surface area contributed by atoms with E-state index in [1.165, 1.54) is 12.8 Å². The molecule has 0 aromatic carbocycles. The molecule has 2 aliphatic rings. The minimum Gasteiger partial charge on any atom is -0.481 e. The van der Waals surface area contributed by atoms with Crippen LogP contribution in [0.5, 0.6) is 0 Å². The molecule has 3 unspecified atom stereocenters. The van der Waals surface area contributed by atoms with Crippen LogP contribution in [0.1, 0.15) is 44.9 Å². The van der Waals surface area contributed by atoms with Crippen LogP contribution >= 0.6 is 0 Å². The third kappa shape index (κ3) is 2.71. The molecule has 86 valence electrons. The summed E-state index contributed by atoms with van der Waals surface area (Å²) in [5.41, 5.74) is 0. The van der Waals surface area contributed by atoms with E-state index in [4.69, 9.17) is 9.84 Å². The molecule has 3 heteroatoms. The summed E-state index contributed by atoms with van der Waals surface area (Å²) in [4.78, 5) is 11.0. The first-order valence-electron chi connectivity index (χ1n) is 6.12. The largest absolute Gasteiger partial charge is 0.481 e. The van der Waals surface area contributed by atoms with Gasteiger partial charge in [0.15, 0.2) is 0 Å². The van der Waals surface area contributed by atoms with E-state index >= 15 is 0 Å². The average Bonchev–Trinajstić information content (AvgIpc) is 2.86. The van der Waals surface area contributed by atoms with Gasteiger partial charge in [-0.1, -0.05) is 6.42 Å². The second-order valence-electron chi connectivity index (χ2n) is 4.85. The third-order valence-electron chi connectivity index (χ3n) is 3.86. The molecule has 0 amide bonds. The Bertz CT molecular complexity index is 221. The van der Waals surface area contributed by atoms with Crippen LogP contribution in [-0.2, 0) is 9.53 Å². The van der Waals surface area contributed by atoms with Crippen LogP contribution in [0, 0.1) is 11.8 Å². The van der Waals surface area contributed by atoms with Crippen LogP contribution in [0.25, 0.3) is 0 Å². The Morgan fingerprint density at radius 2 is 2.07 bits per heavy atom. The monoisotopic (exact) mass is 212 g/mol. The van der Waals surface area contributed by atoms with Crippen LogP contribution in [0.15, 0.2) is 0 Å². The molecule has 1 aliphatic carbocycles. The van der Waals surface area contributed by atoms with Crippen LogP contribution in [0.4, 0.5) is 0 Å². The van der Waals surface area contributed by atoms with Gasteiger partial charge < -0.3 is 9.84 Å². The van der Waals surface area contributed by atoms with Crippen LogP contribution in [-0.4, -0.2) is 23.8 Å². The Morgan fingerprint density at radius 3 is 2.73 bits per heavy atom. The molecule has 1 heterocycles. The van der Waals surface area contributed by atoms with Crippen molar-refractivity contribution >= 4 is 5.97 Å². The molecule has 2 fully saturated rings. The van der Waals surface area contributed by atoms with E-state index in [1.807, 2.05) is 0 Å². The van der Waals surface area contributed by atoms with Crippen molar-refractivity contribution in [3.05, 3.63) is 0 Å². The van der Waals surface area contributed by atoms with E-state index < -0.39 is 5.97 Å². The lowest BCUT2D eigenvalue weighted by Gasteiger charge is -2.17. The second kappa shape index (κ2) is 4.97. The molecular formula is C12H20O3. The van der Waals surface area contributed by atoms with Crippen molar-refractivity contribution in [1.82, 2.24) is 0 Å². The Morgan fingerprint density at radius 1 is 1.20 bits per heavy atom. The van der Waals surface area contributed by atoms with E-state index in [2.05, 4.69) is 0 Å². The van der Waals surface area contributed by atoms with Crippen LogP contribution in [0.3, 0.4) is 0 Å². The molecule has 1 saturated carbocycles. The standard InChI is InChI=1S/C12H20O3/c13-12(14)11-5-1-3-9(11)6-7-10-4-2-8-15-10/h9-11H,1-8H2,(H,13,14). The number of hydrogen-bond acceptors (Lipinski definition) is 2. The van der Waals surface area contributed by atoms with E-state index in [9.17, 15) is 4.79 Å². The van der Waals surface area contributed by atoms with Gasteiger partial charge in [0.25, 0.3) is 0 Å². The van der Waals surface area contributed by atoms with Gasteiger partial charge in [0.2, 0.25) is 0 Å². The zero-order valence-electron chi connectivity index (χ0n) is 9.15. The van der Waals surface area contributed by atoms with Crippen molar-refractivity contribution in [2.24, 2.45) is 11.8 Å². The summed E-state index contributed by atoms with van der Waals surface area (Å²) in [6.45, 7) is 0.900. The Hall–Kier alpha value is -0.570. The number of ether oxygens (including phenoxy) is 1. The minimum absolute atomic E-state index is 0.0774. The van der Waals surface area contributed by atoms with Crippen molar-refractivity contribution in [2.45, 2.75) is 51.0 Å². The summed E-state index contributed by atoms with van der Waals surface area (Å²) in [6, 6.07) is 0. The Kier molecular flexibility index (Phi) is 3.62. The second-order valence-corrected chi connectivity index (χ2v) is 4.85. The Labute approximate surface area is 90.8 Å². The van der Waals surface area contributed by atoms with Crippen molar-refractivity contribution in [3.63, 3.8) is 0 Å². The molecule has 1 aliphatic heterocycles. The Balaban J connectivity index is 1.75. The topological polar surface area (TPSA) is 46.5 Å². The number of aliphatic carboxylic acids is 1. The maximum Gasteiger partial charge on any atom is 0.306 e. The molecule has 0 aromatic rings. The van der Waals surface area contributed by atoms with Gasteiger partial charge in [0.05, 0.1) is 12.0 Å². The van der Waals surface area contributed by atoms with Gasteiger partial charge in [0, 0.05) is 6.61 Å². The van der Waals surface area contributed by atoms with Gasteiger partial charge in [-0.2, -0.15) is 0 Å². The summed E-state index contributed by atoms with van der Waals surface area (Å²) in [5.74, 6) is -0.261. The lowest BCUT2D eigenvalue weighted by molar-refractivity contribution is -0.143. The molecule has 3 atom stereocenters. The normalized spacial score (nSPS) is 35.9. The number of carboxylic acids is 1. The number of carboxylic acid groups (broad SMARTS) is 1. The lowest BCUT2D eigenvalue weighted by Crippen LogP contribution is -2.19. The molecule has 1 saturated heterocycles. The predicted octanol–water partition coefficient (Wildman–Crippen LogP) is 2.45. The van der Waals surface area contributed by atoms with Gasteiger partial charge in [-0.25, -0.2) is 0 Å². The van der Waals surface area contributed by atoms with E-state index in [-0.39, 0.29) is 5.92 Å². The fraction of sp³-hybridized carbons (Fsp3) is 0.917. The molecule has 0 radical (unpaired) electrons. The van der Waals surface area contributed by atoms with Crippen LogP contribution < -0.4 is 0 Å². The summed E-state index contributed by atoms with van der Waals surface area (Å²) in [6.07, 6.45) is 7.95. The average molecular weight is 212 g/mol. The lowest BCUT2D eigenvalue weighted by atomic mass is 9.90. The van der Waals surface area contributed by atoms with Crippen molar-refractivity contribution in [3.8, 4) is 0 Å². The molecule has 0 aromatic heterocycles. The fourth-order valence-electron chi connectivity index (χ4n) is 2.98. The van der Waals surface area contributed by atoms with Crippen molar-refractivity contribution < 1.29 is 14.6 Å². The van der Waals surface area contributed by atoms with Crippen LogP contribution in [0.2, 0.25) is 0 Å². The van der Waals surface area contributed by atoms with Gasteiger partial charge >= 0.3 is 5.97 Å². The summed E-state index contributed by atoms with van der Waals surface area (Å²) in [5, 5.41) is 9.04. The quantitative estimate of drug-likeness (QED) is 0.778. The predicted molar refractivity (Wildman–Crippen MR) is 56.7 cm³/mol. The van der Waals surface area contributed by atoms with Crippen molar-refractivity contribution in [1.29, 1.82) is 0 Å². The maximum absolute atomic E-state index is 11.0. The molecule has 0 bridgehead atoms. The first-order chi connectivity index (χ1) is 7.27.